The van der Waals surface area contributed by atoms with E-state index in [2.05, 4.69) is 67.3 Å². The van der Waals surface area contributed by atoms with Crippen molar-refractivity contribution in [3.63, 3.8) is 0 Å². The predicted molar refractivity (Wildman–Crippen MR) is 116 cm³/mol. The second-order valence-corrected chi connectivity index (χ2v) is 8.54. The van der Waals surface area contributed by atoms with Crippen molar-refractivity contribution in [2.75, 3.05) is 17.7 Å². The Hall–Kier alpha value is -2.52. The quantitative estimate of drug-likeness (QED) is 0.425. The van der Waals surface area contributed by atoms with Crippen molar-refractivity contribution in [2.45, 2.75) is 24.2 Å². The molecule has 136 valence electrons. The van der Waals surface area contributed by atoms with Gasteiger partial charge in [0.25, 0.3) is 0 Å². The van der Waals surface area contributed by atoms with Crippen LogP contribution in [0.4, 0.5) is 5.69 Å². The van der Waals surface area contributed by atoms with Gasteiger partial charge in [0, 0.05) is 34.8 Å². The van der Waals surface area contributed by atoms with Crippen LogP contribution in [0, 0.1) is 0 Å². The van der Waals surface area contributed by atoms with E-state index >= 15 is 0 Å². The van der Waals surface area contributed by atoms with Gasteiger partial charge in [0.15, 0.2) is 5.78 Å². The molecule has 0 atom stereocenters. The molecule has 0 aliphatic carbocycles. The van der Waals surface area contributed by atoms with Crippen LogP contribution in [0.2, 0.25) is 0 Å². The van der Waals surface area contributed by atoms with Gasteiger partial charge >= 0.3 is 0 Å². The average molecular weight is 374 g/mol. The molecule has 1 heterocycles. The molecule has 0 unspecified atom stereocenters. The standard InChI is InChI=1S/C24H23NOS/c1-24(2)21-10-6-7-11-22(21)25(3)23(24)15-19(26)16-27-20-13-12-17-8-4-5-9-18(17)14-20/h4-15H,16H2,1-3H3. The summed E-state index contributed by atoms with van der Waals surface area (Å²) in [5.74, 6) is 0.596. The third kappa shape index (κ3) is 3.28. The number of fused-ring (bicyclic) bond motifs is 2. The zero-order chi connectivity index (χ0) is 19.0. The molecule has 0 saturated heterocycles. The Bertz CT molecular complexity index is 1050. The van der Waals surface area contributed by atoms with Crippen molar-refractivity contribution < 1.29 is 4.79 Å². The van der Waals surface area contributed by atoms with Gasteiger partial charge < -0.3 is 4.90 Å². The monoisotopic (exact) mass is 373 g/mol. The molecule has 27 heavy (non-hydrogen) atoms. The number of ketones is 1. The SMILES string of the molecule is CN1C(=CC(=O)CSc2ccc3ccccc3c2)C(C)(C)c2ccccc21. The molecular formula is C24H23NOS. The Morgan fingerprint density at radius 2 is 1.70 bits per heavy atom. The van der Waals surface area contributed by atoms with E-state index in [1.54, 1.807) is 11.8 Å². The van der Waals surface area contributed by atoms with Crippen LogP contribution < -0.4 is 4.90 Å². The van der Waals surface area contributed by atoms with Gasteiger partial charge in [0.2, 0.25) is 0 Å². The number of hydrogen-bond acceptors (Lipinski definition) is 3. The van der Waals surface area contributed by atoms with E-state index in [1.807, 2.05) is 31.3 Å². The lowest BCUT2D eigenvalue weighted by Crippen LogP contribution is -2.24. The number of carbonyl (C=O) groups is 1. The molecule has 2 nitrogen and oxygen atoms in total. The zero-order valence-corrected chi connectivity index (χ0v) is 16.7. The number of likely N-dealkylation sites (N-methyl/N-ethyl adjacent to an activating group) is 1. The summed E-state index contributed by atoms with van der Waals surface area (Å²) in [6, 6.07) is 23.0. The van der Waals surface area contributed by atoms with Crippen molar-refractivity contribution in [3.8, 4) is 0 Å². The normalized spacial score (nSPS) is 16.7. The summed E-state index contributed by atoms with van der Waals surface area (Å²) in [5, 5.41) is 2.43. The van der Waals surface area contributed by atoms with Gasteiger partial charge in [-0.1, -0.05) is 62.4 Å². The van der Waals surface area contributed by atoms with Crippen molar-refractivity contribution >= 4 is 34.0 Å². The molecule has 1 aliphatic rings. The van der Waals surface area contributed by atoms with Crippen molar-refractivity contribution in [1.29, 1.82) is 0 Å². The highest BCUT2D eigenvalue weighted by atomic mass is 32.2. The van der Waals surface area contributed by atoms with E-state index in [1.165, 1.54) is 22.0 Å². The van der Waals surface area contributed by atoms with E-state index < -0.39 is 0 Å². The lowest BCUT2D eigenvalue weighted by Gasteiger charge is -2.23. The highest BCUT2D eigenvalue weighted by molar-refractivity contribution is 8.00. The second kappa shape index (κ2) is 6.90. The van der Waals surface area contributed by atoms with Gasteiger partial charge in [-0.3, -0.25) is 4.79 Å². The van der Waals surface area contributed by atoms with Crippen LogP contribution in [-0.2, 0) is 10.2 Å². The largest absolute Gasteiger partial charge is 0.347 e. The van der Waals surface area contributed by atoms with Gasteiger partial charge in [-0.2, -0.15) is 0 Å². The Labute approximate surface area is 164 Å². The number of hydrogen-bond donors (Lipinski definition) is 0. The smallest absolute Gasteiger partial charge is 0.167 e. The minimum atomic E-state index is -0.158. The molecule has 0 bridgehead atoms. The van der Waals surface area contributed by atoms with E-state index in [-0.39, 0.29) is 11.2 Å². The number of allylic oxidation sites excluding steroid dienone is 2. The first-order valence-electron chi connectivity index (χ1n) is 9.16. The third-order valence-corrected chi connectivity index (χ3v) is 6.36. The summed E-state index contributed by atoms with van der Waals surface area (Å²) in [4.78, 5) is 16.0. The number of benzene rings is 3. The van der Waals surface area contributed by atoms with E-state index in [0.717, 1.165) is 10.6 Å². The minimum absolute atomic E-state index is 0.149. The molecule has 4 rings (SSSR count). The van der Waals surface area contributed by atoms with Gasteiger partial charge in [0.1, 0.15) is 0 Å². The molecule has 0 radical (unpaired) electrons. The summed E-state index contributed by atoms with van der Waals surface area (Å²) < 4.78 is 0. The van der Waals surface area contributed by atoms with E-state index in [4.69, 9.17) is 0 Å². The predicted octanol–water partition coefficient (Wildman–Crippen LogP) is 5.81. The third-order valence-electron chi connectivity index (χ3n) is 5.34. The van der Waals surface area contributed by atoms with Crippen LogP contribution >= 0.6 is 11.8 Å². The van der Waals surface area contributed by atoms with Crippen LogP contribution in [0.25, 0.3) is 10.8 Å². The topological polar surface area (TPSA) is 20.3 Å². The van der Waals surface area contributed by atoms with Gasteiger partial charge in [-0.15, -0.1) is 11.8 Å². The second-order valence-electron chi connectivity index (χ2n) is 7.49. The Balaban J connectivity index is 1.52. The maximum Gasteiger partial charge on any atom is 0.167 e. The molecule has 3 aromatic rings. The first kappa shape index (κ1) is 17.9. The fourth-order valence-corrected chi connectivity index (χ4v) is 4.63. The lowest BCUT2D eigenvalue weighted by atomic mass is 9.83. The van der Waals surface area contributed by atoms with E-state index in [9.17, 15) is 4.79 Å². The Morgan fingerprint density at radius 3 is 2.48 bits per heavy atom. The van der Waals surface area contributed by atoms with Crippen LogP contribution in [0.1, 0.15) is 19.4 Å². The van der Waals surface area contributed by atoms with Crippen LogP contribution in [0.3, 0.4) is 0 Å². The summed E-state index contributed by atoms with van der Waals surface area (Å²) in [6.45, 7) is 4.37. The summed E-state index contributed by atoms with van der Waals surface area (Å²) in [7, 11) is 2.04. The molecule has 3 aromatic carbocycles. The highest BCUT2D eigenvalue weighted by Crippen LogP contribution is 2.46. The summed E-state index contributed by atoms with van der Waals surface area (Å²) in [5.41, 5.74) is 3.36. The first-order chi connectivity index (χ1) is 13.0. The van der Waals surface area contributed by atoms with Crippen molar-refractivity contribution in [1.82, 2.24) is 0 Å². The summed E-state index contributed by atoms with van der Waals surface area (Å²) >= 11 is 1.60. The van der Waals surface area contributed by atoms with Crippen LogP contribution in [0.5, 0.6) is 0 Å². The van der Waals surface area contributed by atoms with Gasteiger partial charge in [-0.25, -0.2) is 0 Å². The molecule has 0 spiro atoms. The first-order valence-corrected chi connectivity index (χ1v) is 10.2. The molecule has 0 saturated carbocycles. The lowest BCUT2D eigenvalue weighted by molar-refractivity contribution is -0.112. The number of nitrogens with zero attached hydrogens (tertiary/aromatic N) is 1. The molecule has 0 amide bonds. The molecule has 3 heteroatoms. The molecule has 1 aliphatic heterocycles. The van der Waals surface area contributed by atoms with Crippen LogP contribution in [-0.4, -0.2) is 18.6 Å². The molecular weight excluding hydrogens is 350 g/mol. The Morgan fingerprint density at radius 1 is 1.00 bits per heavy atom. The maximum atomic E-state index is 12.7. The van der Waals surface area contributed by atoms with E-state index in [0.29, 0.717) is 5.75 Å². The fraction of sp³-hybridized carbons (Fsp3) is 0.208. The minimum Gasteiger partial charge on any atom is -0.347 e. The summed E-state index contributed by atoms with van der Waals surface area (Å²) in [6.07, 6.45) is 1.83. The molecule has 0 N–H and O–H groups in total. The average Bonchev–Trinajstić information content (AvgIpc) is 2.87. The fourth-order valence-electron chi connectivity index (χ4n) is 3.86. The van der Waals surface area contributed by atoms with Gasteiger partial charge in [0.05, 0.1) is 5.75 Å². The highest BCUT2D eigenvalue weighted by Gasteiger charge is 2.38. The van der Waals surface area contributed by atoms with Crippen molar-refractivity contribution in [2.24, 2.45) is 0 Å². The zero-order valence-electron chi connectivity index (χ0n) is 15.9. The molecule has 0 aromatic heterocycles. The Kier molecular flexibility index (Phi) is 4.56. The van der Waals surface area contributed by atoms with Crippen molar-refractivity contribution in [3.05, 3.63) is 84.1 Å². The van der Waals surface area contributed by atoms with Crippen LogP contribution in [0.15, 0.2) is 83.4 Å². The number of anilines is 1. The number of rotatable bonds is 4. The number of thioether (sulfide) groups is 1. The molecule has 0 fully saturated rings. The van der Waals surface area contributed by atoms with Gasteiger partial charge in [-0.05, 0) is 34.5 Å². The number of para-hydroxylation sites is 1. The number of carbonyl (C=O) groups excluding carboxylic acids is 1. The maximum absolute atomic E-state index is 12.7.